The summed E-state index contributed by atoms with van der Waals surface area (Å²) in [4.78, 5) is 136. The summed E-state index contributed by atoms with van der Waals surface area (Å²) in [6.45, 7) is 50.7. The van der Waals surface area contributed by atoms with Crippen molar-refractivity contribution in [1.29, 1.82) is 0 Å². The molecule has 0 spiro atoms. The monoisotopic (exact) mass is 2120 g/mol. The lowest BCUT2D eigenvalue weighted by atomic mass is 9.74. The highest BCUT2D eigenvalue weighted by Crippen LogP contribution is 2.50. The van der Waals surface area contributed by atoms with Crippen molar-refractivity contribution in [2.24, 2.45) is 0 Å². The molecule has 5 aliphatic rings. The fraction of sp³-hybridized carbons (Fsp3) is 0.376. The van der Waals surface area contributed by atoms with E-state index in [4.69, 9.17) is 0 Å². The summed E-state index contributed by atoms with van der Waals surface area (Å²) in [5, 5.41) is 24.5. The van der Waals surface area contributed by atoms with Gasteiger partial charge in [-0.3, -0.25) is 62.8 Å². The lowest BCUT2D eigenvalue weighted by Gasteiger charge is -2.33. The number of benzene rings is 10. The van der Waals surface area contributed by atoms with E-state index in [1.165, 1.54) is 164 Å². The van der Waals surface area contributed by atoms with Crippen LogP contribution in [0, 0.1) is 138 Å². The minimum Gasteiger partial charge on any atom is -0.545 e. The van der Waals surface area contributed by atoms with E-state index in [0.29, 0.717) is 13.1 Å². The van der Waals surface area contributed by atoms with E-state index in [0.717, 1.165) is 134 Å². The van der Waals surface area contributed by atoms with E-state index in [2.05, 4.69) is 222 Å². The minimum atomic E-state index is -4.80. The van der Waals surface area contributed by atoms with Gasteiger partial charge in [0.1, 0.15) is 10.8 Å². The standard InChI is InChI=1S/2C21H15F3N2O4.C12H17NO2S.2C12H18.C9H11Br.2C9H10O2.C8H16N2O.C4H12N/c2*1-20(21(22,23)24,10-4-6-12-14(8-10)18(29)25(2)16(12)27)11-5-7-13-15(9-11)19(30)26(3)17(13)28;1-10-3-4-12(11(2)9-10)13-5-7-16(14,15)8-6-13;2*1-7-8(2)10(4)12(6)11(5)9(7)3;1-7-3-4-9(6-10)8(2)5-7;2*1-6-3-7(2)5-8(4-6)9(10)11;1-4-8(11)9-6-5-7-10(2)3;1-5(2,3)4/h2*4-9H,1-3H3;3-4,9H,5-8H2,1-2H3;2*1-6H3;3-5H,6H2,1-2H3;2*3-5H,1-2H3,(H,10,11);4H,1,5-7H2,2-3H3,(H,9,11);1-4H3/q;;;;;;;;;+1/p-1. The molecular formula is C117H141BrF6N8O15S. The maximum Gasteiger partial charge on any atom is 0.402 e. The first kappa shape index (κ1) is 123. The lowest BCUT2D eigenvalue weighted by Crippen LogP contribution is -3.05. The number of fused-ring (bicyclic) bond motifs is 4. The number of amides is 9. The van der Waals surface area contributed by atoms with Crippen molar-refractivity contribution in [1.82, 2.24) is 24.9 Å². The largest absolute Gasteiger partial charge is 0.545 e. The van der Waals surface area contributed by atoms with Crippen molar-refractivity contribution in [2.45, 2.75) is 187 Å². The maximum absolute atomic E-state index is 14.4. The number of hydrogen-bond acceptors (Lipinski definition) is 16. The van der Waals surface area contributed by atoms with Crippen molar-refractivity contribution in [3.63, 3.8) is 0 Å². The molecule has 0 bridgehead atoms. The van der Waals surface area contributed by atoms with Crippen LogP contribution >= 0.6 is 15.9 Å². The molecule has 10 aromatic carbocycles. The van der Waals surface area contributed by atoms with Crippen LogP contribution in [0.15, 0.2) is 158 Å². The first-order valence-electron chi connectivity index (χ1n) is 48.1. The van der Waals surface area contributed by atoms with Crippen LogP contribution in [-0.4, -0.2) is 218 Å². The molecule has 0 aliphatic carbocycles. The van der Waals surface area contributed by atoms with E-state index in [9.17, 15) is 97.7 Å². The smallest absolute Gasteiger partial charge is 0.402 e. The van der Waals surface area contributed by atoms with Gasteiger partial charge < -0.3 is 39.4 Å². The third kappa shape index (κ3) is 29.8. The van der Waals surface area contributed by atoms with Gasteiger partial charge in [-0.15, -0.1) is 0 Å². The predicted molar refractivity (Wildman–Crippen MR) is 571 cm³/mol. The van der Waals surface area contributed by atoms with Crippen molar-refractivity contribution >= 4 is 96.6 Å². The number of nitrogens with zero attached hydrogens (tertiary/aromatic N) is 6. The summed E-state index contributed by atoms with van der Waals surface area (Å²) >= 11 is 3.43. The summed E-state index contributed by atoms with van der Waals surface area (Å²) < 4.78 is 110. The fourth-order valence-corrected chi connectivity index (χ4v) is 18.9. The number of aromatic carboxylic acids is 2. The molecule has 1 saturated heterocycles. The number of carbonyl (C=O) groups is 11. The molecule has 15 rings (SSSR count). The molecule has 10 aromatic rings. The summed E-state index contributed by atoms with van der Waals surface area (Å²) in [7, 11) is 14.9. The Labute approximate surface area is 876 Å². The third-order valence-corrected chi connectivity index (χ3v) is 29.7. The van der Waals surface area contributed by atoms with E-state index in [1.54, 1.807) is 24.3 Å². The van der Waals surface area contributed by atoms with E-state index in [-0.39, 0.29) is 95.3 Å². The molecule has 23 nitrogen and oxygen atoms in total. The van der Waals surface area contributed by atoms with Crippen LogP contribution in [0.2, 0.25) is 0 Å². The number of nitrogens with one attached hydrogen (secondary N) is 2. The Morgan fingerprint density at radius 3 is 0.865 bits per heavy atom. The van der Waals surface area contributed by atoms with Crippen LogP contribution in [0.5, 0.6) is 0 Å². The molecule has 148 heavy (non-hydrogen) atoms. The molecule has 794 valence electrons. The van der Waals surface area contributed by atoms with Gasteiger partial charge in [0.25, 0.3) is 47.3 Å². The Bertz CT molecular complexity index is 6170. The van der Waals surface area contributed by atoms with Crippen LogP contribution in [0.1, 0.15) is 263 Å². The maximum atomic E-state index is 14.4. The number of sulfone groups is 1. The van der Waals surface area contributed by atoms with Crippen LogP contribution in [0.4, 0.5) is 32.0 Å². The van der Waals surface area contributed by atoms with Crippen molar-refractivity contribution in [2.75, 3.05) is 113 Å². The number of hydrogen-bond donors (Lipinski definition) is 2. The fourth-order valence-electron chi connectivity index (χ4n) is 17.1. The predicted octanol–water partition coefficient (Wildman–Crippen LogP) is 18.3. The number of halogens is 7. The number of carbonyl (C=O) groups excluding carboxylic acids is 11. The van der Waals surface area contributed by atoms with Crippen LogP contribution in [0.25, 0.3) is 0 Å². The lowest BCUT2D eigenvalue weighted by molar-refractivity contribution is -0.858. The van der Waals surface area contributed by atoms with Gasteiger partial charge in [0, 0.05) is 65.3 Å². The van der Waals surface area contributed by atoms with Gasteiger partial charge >= 0.3 is 12.4 Å². The van der Waals surface area contributed by atoms with Crippen LogP contribution < -0.4 is 25.3 Å². The Kier molecular flexibility index (Phi) is 42.1. The van der Waals surface area contributed by atoms with Crippen molar-refractivity contribution in [3.8, 4) is 0 Å². The van der Waals surface area contributed by atoms with Gasteiger partial charge in [-0.2, -0.15) is 26.3 Å². The molecule has 1 fully saturated rings. The number of imide groups is 4. The Morgan fingerprint density at radius 1 is 0.392 bits per heavy atom. The average Bonchev–Trinajstić information content (AvgIpc) is 1.49. The van der Waals surface area contributed by atoms with E-state index in [1.807, 2.05) is 39.8 Å². The summed E-state index contributed by atoms with van der Waals surface area (Å²) in [5.41, 5.74) is 23.0. The highest BCUT2D eigenvalue weighted by molar-refractivity contribution is 9.08. The van der Waals surface area contributed by atoms with Gasteiger partial charge in [0.05, 0.1) is 117 Å². The second kappa shape index (κ2) is 50.6. The van der Waals surface area contributed by atoms with Gasteiger partial charge in [-0.25, -0.2) is 8.42 Å². The third-order valence-electron chi connectivity index (χ3n) is 27.5. The average molecular weight is 2130 g/mol. The zero-order chi connectivity index (χ0) is 113. The first-order valence-corrected chi connectivity index (χ1v) is 51.0. The normalized spacial score (nSPS) is 13.7. The number of aryl methyl sites for hydroxylation is 8. The Hall–Kier alpha value is -13.4. The van der Waals surface area contributed by atoms with Gasteiger partial charge in [-0.05, 0) is 330 Å². The number of carboxylic acids is 2. The van der Waals surface area contributed by atoms with Crippen LogP contribution in [0.3, 0.4) is 0 Å². The topological polar surface area (TPSA) is 301 Å². The van der Waals surface area contributed by atoms with Crippen molar-refractivity contribution < 1.29 is 107 Å². The molecule has 5 heterocycles. The molecule has 0 radical (unpaired) electrons. The Morgan fingerprint density at radius 2 is 0.642 bits per heavy atom. The number of rotatable bonds is 13. The number of quaternary nitrogens is 2. The number of anilines is 1. The molecule has 0 saturated carbocycles. The van der Waals surface area contributed by atoms with E-state index < -0.39 is 92.2 Å². The zero-order valence-electron chi connectivity index (χ0n) is 91.2. The zero-order valence-corrected chi connectivity index (χ0v) is 93.6. The SMILES string of the molecule is C=CC(=O)NCCC[NH+](C)C.CN1C(=O)c2ccc(C(C)(c3ccc4c(c3)C(=O)N(C)C4=O)C(F)(F)F)cc2C1=O.CN1C(=O)c2ccc(C(C)(c3ccc4c(c3)C(=O)N(C)C4=O)C(F)(F)F)cc2C1=O.C[N+](C)(C)C.Cc1c(C)c(C)c(C)c(C)c1C.Cc1c(C)c(C)c(C)c(C)c1C.Cc1cc(C)cc(C(=O)[O-])c1.Cc1cc(C)cc(C(=O)[O-])c1.Cc1ccc(CBr)c(C)c1.Cc1ccc(N2CCS(=O)(=O)CC2)c(C)c1. The van der Waals surface area contributed by atoms with Gasteiger partial charge in [0.2, 0.25) is 5.91 Å². The Balaban J connectivity index is 0.000000262. The number of alkyl halides is 7. The first-order chi connectivity index (χ1) is 68.3. The molecule has 2 N–H and O–H groups in total. The second-order valence-corrected chi connectivity index (χ2v) is 43.1. The molecule has 9 amide bonds. The molecule has 0 aromatic heterocycles. The molecule has 0 atom stereocenters. The summed E-state index contributed by atoms with van der Waals surface area (Å²) in [5.74, 6) is -6.82. The molecule has 0 unspecified atom stereocenters. The molecular weight excluding hydrogens is 1980 g/mol. The molecule has 5 aliphatic heterocycles. The number of carboxylic acid groups (broad SMARTS) is 2. The van der Waals surface area contributed by atoms with Crippen LogP contribution in [-0.2, 0) is 30.8 Å². The van der Waals surface area contributed by atoms with Gasteiger partial charge in [-0.1, -0.05) is 147 Å². The van der Waals surface area contributed by atoms with E-state index >= 15 is 0 Å². The van der Waals surface area contributed by atoms with Gasteiger partial charge in [0.15, 0.2) is 9.84 Å². The highest BCUT2D eigenvalue weighted by atomic mass is 79.9. The minimum absolute atomic E-state index is 0.0344. The molecule has 31 heteroatoms. The summed E-state index contributed by atoms with van der Waals surface area (Å²) in [6.07, 6.45) is -7.29. The quantitative estimate of drug-likeness (QED) is 0.0271. The highest BCUT2D eigenvalue weighted by Gasteiger charge is 2.57. The second-order valence-electron chi connectivity index (χ2n) is 40.3. The van der Waals surface area contributed by atoms with Crippen molar-refractivity contribution in [3.05, 3.63) is 353 Å². The summed E-state index contributed by atoms with van der Waals surface area (Å²) in [6, 6.07) is 36.8.